The molecule has 2 aromatic heterocycles. The van der Waals surface area contributed by atoms with Gasteiger partial charge in [-0.25, -0.2) is 9.78 Å². The van der Waals surface area contributed by atoms with E-state index in [0.29, 0.717) is 4.88 Å². The molecule has 4 nitrogen and oxygen atoms in total. The molecule has 0 N–H and O–H groups in total. The Balaban J connectivity index is 2.10. The lowest BCUT2D eigenvalue weighted by Gasteiger charge is -2.06. The van der Waals surface area contributed by atoms with Crippen LogP contribution < -0.4 is 0 Å². The molecular formula is C10H5NO3S2. The molecule has 1 aliphatic heterocycles. The van der Waals surface area contributed by atoms with E-state index in [1.807, 2.05) is 17.5 Å². The van der Waals surface area contributed by atoms with Gasteiger partial charge in [0.1, 0.15) is 5.01 Å². The van der Waals surface area contributed by atoms with Crippen LogP contribution in [0.4, 0.5) is 0 Å². The van der Waals surface area contributed by atoms with Gasteiger partial charge in [0.05, 0.1) is 16.2 Å². The van der Waals surface area contributed by atoms with E-state index in [1.165, 1.54) is 11.3 Å². The van der Waals surface area contributed by atoms with Crippen LogP contribution in [0.2, 0.25) is 0 Å². The average molecular weight is 251 g/mol. The molecule has 3 rings (SSSR count). The second kappa shape index (κ2) is 3.50. The fourth-order valence-electron chi connectivity index (χ4n) is 1.46. The summed E-state index contributed by atoms with van der Waals surface area (Å²) in [5.41, 5.74) is 0.285. The Morgan fingerprint density at radius 3 is 3.00 bits per heavy atom. The fourth-order valence-corrected chi connectivity index (χ4v) is 3.29. The van der Waals surface area contributed by atoms with Crippen LogP contribution in [0.1, 0.15) is 15.4 Å². The Labute approximate surface area is 98.5 Å². The molecule has 0 fully saturated rings. The van der Waals surface area contributed by atoms with E-state index >= 15 is 0 Å². The third-order valence-electron chi connectivity index (χ3n) is 2.13. The predicted octanol–water partition coefficient (Wildman–Crippen LogP) is 2.11. The summed E-state index contributed by atoms with van der Waals surface area (Å²) in [7, 11) is 0. The van der Waals surface area contributed by atoms with Crippen LogP contribution in [0.15, 0.2) is 17.5 Å². The number of carbonyl (C=O) groups excluding carboxylic acids is 2. The molecule has 80 valence electrons. The number of thiazole rings is 1. The number of cyclic esters (lactones) is 2. The SMILES string of the molecule is O=C1Cc2sc(-c3cccs3)nc2C(=O)O1. The van der Waals surface area contributed by atoms with Gasteiger partial charge in [0.15, 0.2) is 5.69 Å². The van der Waals surface area contributed by atoms with Crippen molar-refractivity contribution in [1.82, 2.24) is 4.98 Å². The first-order valence-electron chi connectivity index (χ1n) is 4.52. The number of ether oxygens (including phenoxy) is 1. The molecule has 0 aliphatic carbocycles. The molecule has 0 radical (unpaired) electrons. The van der Waals surface area contributed by atoms with E-state index in [0.717, 1.165) is 9.88 Å². The van der Waals surface area contributed by atoms with Crippen LogP contribution in [-0.4, -0.2) is 16.9 Å². The van der Waals surface area contributed by atoms with E-state index in [2.05, 4.69) is 9.72 Å². The van der Waals surface area contributed by atoms with E-state index in [-0.39, 0.29) is 12.1 Å². The Morgan fingerprint density at radius 2 is 2.25 bits per heavy atom. The van der Waals surface area contributed by atoms with Crippen molar-refractivity contribution in [1.29, 1.82) is 0 Å². The fraction of sp³-hybridized carbons (Fsp3) is 0.100. The molecule has 0 aromatic carbocycles. The second-order valence-corrected chi connectivity index (χ2v) is 5.24. The van der Waals surface area contributed by atoms with Gasteiger partial charge in [-0.05, 0) is 11.4 Å². The summed E-state index contributed by atoms with van der Waals surface area (Å²) in [5, 5.41) is 2.71. The van der Waals surface area contributed by atoms with Gasteiger partial charge in [0.25, 0.3) is 0 Å². The number of carbonyl (C=O) groups is 2. The van der Waals surface area contributed by atoms with E-state index in [9.17, 15) is 9.59 Å². The van der Waals surface area contributed by atoms with Gasteiger partial charge in [-0.1, -0.05) is 6.07 Å². The lowest BCUT2D eigenvalue weighted by Crippen LogP contribution is -2.21. The van der Waals surface area contributed by atoms with Gasteiger partial charge < -0.3 is 4.74 Å². The first-order valence-corrected chi connectivity index (χ1v) is 6.22. The highest BCUT2D eigenvalue weighted by molar-refractivity contribution is 7.21. The predicted molar refractivity (Wildman–Crippen MR) is 59.6 cm³/mol. The van der Waals surface area contributed by atoms with Crippen molar-refractivity contribution >= 4 is 34.6 Å². The monoisotopic (exact) mass is 251 g/mol. The summed E-state index contributed by atoms with van der Waals surface area (Å²) >= 11 is 2.93. The van der Waals surface area contributed by atoms with Crippen LogP contribution in [0.5, 0.6) is 0 Å². The largest absolute Gasteiger partial charge is 0.388 e. The third kappa shape index (κ3) is 1.46. The molecule has 3 heterocycles. The highest BCUT2D eigenvalue weighted by Gasteiger charge is 2.29. The van der Waals surface area contributed by atoms with Gasteiger partial charge in [-0.2, -0.15) is 0 Å². The van der Waals surface area contributed by atoms with Crippen LogP contribution in [0.25, 0.3) is 9.88 Å². The quantitative estimate of drug-likeness (QED) is 0.575. The summed E-state index contributed by atoms with van der Waals surface area (Å²) in [4.78, 5) is 28.4. The Morgan fingerprint density at radius 1 is 1.38 bits per heavy atom. The van der Waals surface area contributed by atoms with Crippen LogP contribution in [0, 0.1) is 0 Å². The van der Waals surface area contributed by atoms with Gasteiger partial charge in [0.2, 0.25) is 0 Å². The van der Waals surface area contributed by atoms with Crippen molar-refractivity contribution in [2.45, 2.75) is 6.42 Å². The molecule has 6 heteroatoms. The Bertz CT molecular complexity index is 571. The number of esters is 2. The minimum absolute atomic E-state index is 0.143. The minimum Gasteiger partial charge on any atom is -0.388 e. The highest BCUT2D eigenvalue weighted by Crippen LogP contribution is 2.33. The Kier molecular flexibility index (Phi) is 2.12. The number of hydrogen-bond donors (Lipinski definition) is 0. The van der Waals surface area contributed by atoms with E-state index in [1.54, 1.807) is 11.3 Å². The summed E-state index contributed by atoms with van der Waals surface area (Å²) in [6.07, 6.45) is 0.143. The van der Waals surface area contributed by atoms with E-state index in [4.69, 9.17) is 0 Å². The second-order valence-electron chi connectivity index (χ2n) is 3.21. The van der Waals surface area contributed by atoms with Gasteiger partial charge in [0, 0.05) is 0 Å². The first kappa shape index (κ1) is 9.68. The molecule has 0 saturated heterocycles. The number of hydrogen-bond acceptors (Lipinski definition) is 6. The lowest BCUT2D eigenvalue weighted by atomic mass is 10.2. The van der Waals surface area contributed by atoms with Gasteiger partial charge in [-0.3, -0.25) is 4.79 Å². The van der Waals surface area contributed by atoms with Crippen LogP contribution >= 0.6 is 22.7 Å². The zero-order valence-corrected chi connectivity index (χ0v) is 9.56. The molecule has 0 amide bonds. The Hall–Kier alpha value is -1.53. The van der Waals surface area contributed by atoms with Crippen LogP contribution in [0.3, 0.4) is 0 Å². The molecule has 2 aromatic rings. The third-order valence-corrected chi connectivity index (χ3v) is 4.23. The summed E-state index contributed by atoms with van der Waals surface area (Å²) in [6, 6.07) is 3.85. The summed E-state index contributed by atoms with van der Waals surface area (Å²) < 4.78 is 4.51. The molecule has 0 unspecified atom stereocenters. The molecule has 0 atom stereocenters. The maximum absolute atomic E-state index is 11.4. The van der Waals surface area contributed by atoms with Crippen molar-refractivity contribution < 1.29 is 14.3 Å². The van der Waals surface area contributed by atoms with Crippen LogP contribution in [-0.2, 0) is 16.0 Å². The zero-order valence-electron chi connectivity index (χ0n) is 7.93. The van der Waals surface area contributed by atoms with Gasteiger partial charge >= 0.3 is 11.9 Å². The van der Waals surface area contributed by atoms with Crippen molar-refractivity contribution in [2.24, 2.45) is 0 Å². The first-order chi connectivity index (χ1) is 7.74. The number of aromatic nitrogens is 1. The molecular weight excluding hydrogens is 246 g/mol. The smallest absolute Gasteiger partial charge is 0.365 e. The van der Waals surface area contributed by atoms with Gasteiger partial charge in [-0.15, -0.1) is 22.7 Å². The summed E-state index contributed by atoms with van der Waals surface area (Å²) in [5.74, 6) is -1.14. The highest BCUT2D eigenvalue weighted by atomic mass is 32.1. The molecule has 0 saturated carbocycles. The number of thiophene rings is 1. The number of nitrogens with zero attached hydrogens (tertiary/aromatic N) is 1. The average Bonchev–Trinajstić information content (AvgIpc) is 2.82. The van der Waals surface area contributed by atoms with E-state index < -0.39 is 11.9 Å². The minimum atomic E-state index is -0.634. The van der Waals surface area contributed by atoms with Crippen molar-refractivity contribution in [3.63, 3.8) is 0 Å². The molecule has 1 aliphatic rings. The maximum Gasteiger partial charge on any atom is 0.365 e. The molecule has 0 bridgehead atoms. The molecule has 0 spiro atoms. The van der Waals surface area contributed by atoms with Crippen molar-refractivity contribution in [3.8, 4) is 9.88 Å². The lowest BCUT2D eigenvalue weighted by molar-refractivity contribution is -0.137. The maximum atomic E-state index is 11.4. The zero-order chi connectivity index (χ0) is 11.1. The normalized spacial score (nSPS) is 14.8. The van der Waals surface area contributed by atoms with Crippen molar-refractivity contribution in [2.75, 3.05) is 0 Å². The molecule has 16 heavy (non-hydrogen) atoms. The topological polar surface area (TPSA) is 56.3 Å². The summed E-state index contributed by atoms with van der Waals surface area (Å²) in [6.45, 7) is 0. The van der Waals surface area contributed by atoms with Crippen molar-refractivity contribution in [3.05, 3.63) is 28.1 Å². The number of fused-ring (bicyclic) bond motifs is 1. The number of rotatable bonds is 1. The standard InChI is InChI=1S/C10H5NO3S2/c12-7-4-6-8(10(13)14-7)11-9(16-6)5-2-1-3-15-5/h1-3H,4H2.